The normalized spacial score (nSPS) is 15.2. The molecule has 1 heterocycles. The third kappa shape index (κ3) is 2.72. The molecule has 1 aromatic heterocycles. The first-order chi connectivity index (χ1) is 7.18. The molecular weight excluding hydrogens is 241 g/mol. The van der Waals surface area contributed by atoms with Gasteiger partial charge in [0, 0.05) is 18.2 Å². The van der Waals surface area contributed by atoms with Gasteiger partial charge in [0.1, 0.15) is 0 Å². The summed E-state index contributed by atoms with van der Waals surface area (Å²) >= 11 is 0.549. The van der Waals surface area contributed by atoms with Crippen LogP contribution in [0.2, 0.25) is 0 Å². The van der Waals surface area contributed by atoms with Gasteiger partial charge in [-0.1, -0.05) is 0 Å². The highest BCUT2D eigenvalue weighted by molar-refractivity contribution is 7.11. The molecule has 0 aliphatic carbocycles. The van der Waals surface area contributed by atoms with Crippen LogP contribution in [-0.4, -0.2) is 17.7 Å². The lowest BCUT2D eigenvalue weighted by Crippen LogP contribution is -2.36. The van der Waals surface area contributed by atoms with Crippen LogP contribution in [0.25, 0.3) is 0 Å². The average molecular weight is 254 g/mol. The molecule has 1 rings (SSSR count). The fourth-order valence-corrected chi connectivity index (χ4v) is 1.99. The molecule has 0 bridgehead atoms. The van der Waals surface area contributed by atoms with Crippen LogP contribution in [0.4, 0.5) is 13.2 Å². The Labute approximate surface area is 95.4 Å². The third-order valence-corrected chi connectivity index (χ3v) is 3.47. The van der Waals surface area contributed by atoms with Crippen LogP contribution in [0.5, 0.6) is 0 Å². The molecule has 1 unspecified atom stereocenters. The zero-order chi connectivity index (χ0) is 12.6. The molecule has 7 heteroatoms. The maximum Gasteiger partial charge on any atom is 0.443 e. The Hall–Kier alpha value is -0.660. The van der Waals surface area contributed by atoms with Crippen molar-refractivity contribution in [2.24, 2.45) is 5.73 Å². The number of hydrogen-bond acceptors (Lipinski definition) is 4. The van der Waals surface area contributed by atoms with Gasteiger partial charge in [0.15, 0.2) is 5.01 Å². The Bertz CT molecular complexity index is 362. The van der Waals surface area contributed by atoms with Crippen molar-refractivity contribution in [3.63, 3.8) is 0 Å². The molecule has 0 aromatic carbocycles. The maximum atomic E-state index is 12.3. The highest BCUT2D eigenvalue weighted by atomic mass is 32.1. The zero-order valence-electron chi connectivity index (χ0n) is 9.13. The largest absolute Gasteiger partial charge is 0.443 e. The highest BCUT2D eigenvalue weighted by Gasteiger charge is 2.37. The molecule has 0 aliphatic heterocycles. The molecule has 3 nitrogen and oxygen atoms in total. The summed E-state index contributed by atoms with van der Waals surface area (Å²) in [4.78, 5) is 3.67. The summed E-state index contributed by atoms with van der Waals surface area (Å²) in [5.74, 6) is 0. The molecule has 1 atom stereocenters. The van der Waals surface area contributed by atoms with Crippen LogP contribution >= 0.6 is 11.3 Å². The van der Waals surface area contributed by atoms with E-state index < -0.39 is 22.8 Å². The highest BCUT2D eigenvalue weighted by Crippen LogP contribution is 2.36. The van der Waals surface area contributed by atoms with Crippen molar-refractivity contribution in [3.8, 4) is 0 Å². The van der Waals surface area contributed by atoms with Gasteiger partial charge >= 0.3 is 6.18 Å². The second-order valence-electron chi connectivity index (χ2n) is 3.85. The van der Waals surface area contributed by atoms with E-state index in [0.717, 1.165) is 6.20 Å². The summed E-state index contributed by atoms with van der Waals surface area (Å²) in [5, 5.41) is -0.884. The number of nitrogens with two attached hydrogens (primary N) is 1. The Balaban J connectivity index is 2.95. The summed E-state index contributed by atoms with van der Waals surface area (Å²) in [6, 6.07) is -0.633. The quantitative estimate of drug-likeness (QED) is 0.901. The number of thiazole rings is 1. The second kappa shape index (κ2) is 4.31. The molecular formula is C9H13F3N2OS. The SMILES string of the molecule is COC(C)(C)C(N)c1cnc(C(F)(F)F)s1. The fourth-order valence-electron chi connectivity index (χ4n) is 1.03. The van der Waals surface area contributed by atoms with E-state index in [1.54, 1.807) is 13.8 Å². The maximum absolute atomic E-state index is 12.3. The first kappa shape index (κ1) is 13.4. The van der Waals surface area contributed by atoms with Gasteiger partial charge in [-0.3, -0.25) is 0 Å². The monoisotopic (exact) mass is 254 g/mol. The van der Waals surface area contributed by atoms with E-state index >= 15 is 0 Å². The minimum Gasteiger partial charge on any atom is -0.377 e. The molecule has 0 saturated heterocycles. The van der Waals surface area contributed by atoms with Gasteiger partial charge in [0.25, 0.3) is 0 Å². The van der Waals surface area contributed by atoms with E-state index in [9.17, 15) is 13.2 Å². The van der Waals surface area contributed by atoms with Gasteiger partial charge in [-0.2, -0.15) is 13.2 Å². The van der Waals surface area contributed by atoms with Gasteiger partial charge in [0.05, 0.1) is 11.6 Å². The summed E-state index contributed by atoms with van der Waals surface area (Å²) in [6.45, 7) is 3.43. The van der Waals surface area contributed by atoms with Gasteiger partial charge in [-0.25, -0.2) is 4.98 Å². The standard InChI is InChI=1S/C9H13F3N2OS/c1-8(2,15-3)6(13)5-4-14-7(16-5)9(10,11)12/h4,6H,13H2,1-3H3. The van der Waals surface area contributed by atoms with Gasteiger partial charge < -0.3 is 10.5 Å². The Morgan fingerprint density at radius 2 is 2.00 bits per heavy atom. The van der Waals surface area contributed by atoms with E-state index in [2.05, 4.69) is 4.98 Å². The van der Waals surface area contributed by atoms with Gasteiger partial charge in [-0.05, 0) is 13.8 Å². The lowest BCUT2D eigenvalue weighted by atomic mass is 9.99. The van der Waals surface area contributed by atoms with Crippen molar-refractivity contribution >= 4 is 11.3 Å². The number of ether oxygens (including phenoxy) is 1. The van der Waals surface area contributed by atoms with Crippen molar-refractivity contribution < 1.29 is 17.9 Å². The Kier molecular flexibility index (Phi) is 3.61. The summed E-state index contributed by atoms with van der Waals surface area (Å²) < 4.78 is 42.1. The molecule has 2 N–H and O–H groups in total. The number of halogens is 3. The van der Waals surface area contributed by atoms with Crippen LogP contribution in [0, 0.1) is 0 Å². The number of aromatic nitrogens is 1. The predicted molar refractivity (Wildman–Crippen MR) is 55.1 cm³/mol. The van der Waals surface area contributed by atoms with Crippen LogP contribution in [0.1, 0.15) is 29.8 Å². The topological polar surface area (TPSA) is 48.1 Å². The van der Waals surface area contributed by atoms with E-state index in [4.69, 9.17) is 10.5 Å². The smallest absolute Gasteiger partial charge is 0.377 e. The van der Waals surface area contributed by atoms with E-state index in [1.165, 1.54) is 7.11 Å². The fraction of sp³-hybridized carbons (Fsp3) is 0.667. The number of rotatable bonds is 3. The number of nitrogens with zero attached hydrogens (tertiary/aromatic N) is 1. The zero-order valence-corrected chi connectivity index (χ0v) is 9.95. The number of methoxy groups -OCH3 is 1. The van der Waals surface area contributed by atoms with Gasteiger partial charge in [-0.15, -0.1) is 11.3 Å². The Morgan fingerprint density at radius 3 is 2.38 bits per heavy atom. The first-order valence-corrected chi connectivity index (χ1v) is 5.34. The molecule has 0 fully saturated rings. The minimum absolute atomic E-state index is 0.360. The lowest BCUT2D eigenvalue weighted by molar-refractivity contribution is -0.137. The molecule has 1 aromatic rings. The van der Waals surface area contributed by atoms with Crippen molar-refractivity contribution in [1.82, 2.24) is 4.98 Å². The van der Waals surface area contributed by atoms with Crippen molar-refractivity contribution in [2.75, 3.05) is 7.11 Å². The molecule has 0 spiro atoms. The molecule has 0 radical (unpaired) electrons. The van der Waals surface area contributed by atoms with Gasteiger partial charge in [0.2, 0.25) is 0 Å². The Morgan fingerprint density at radius 1 is 1.44 bits per heavy atom. The summed E-state index contributed by atoms with van der Waals surface area (Å²) in [5.41, 5.74) is 5.09. The lowest BCUT2D eigenvalue weighted by Gasteiger charge is -2.28. The van der Waals surface area contributed by atoms with Crippen molar-refractivity contribution in [3.05, 3.63) is 16.1 Å². The van der Waals surface area contributed by atoms with Crippen LogP contribution in [-0.2, 0) is 10.9 Å². The molecule has 0 aliphatic rings. The third-order valence-electron chi connectivity index (χ3n) is 2.35. The summed E-state index contributed by atoms with van der Waals surface area (Å²) in [7, 11) is 1.46. The van der Waals surface area contributed by atoms with E-state index in [0.29, 0.717) is 16.2 Å². The predicted octanol–water partition coefficient (Wildman–Crippen LogP) is 2.59. The molecule has 0 saturated carbocycles. The van der Waals surface area contributed by atoms with Crippen LogP contribution in [0.3, 0.4) is 0 Å². The second-order valence-corrected chi connectivity index (χ2v) is 4.91. The average Bonchev–Trinajstić information content (AvgIpc) is 2.64. The molecule has 0 amide bonds. The first-order valence-electron chi connectivity index (χ1n) is 4.52. The van der Waals surface area contributed by atoms with E-state index in [1.807, 2.05) is 0 Å². The number of hydrogen-bond donors (Lipinski definition) is 1. The van der Waals surface area contributed by atoms with Crippen LogP contribution in [0.15, 0.2) is 6.20 Å². The number of alkyl halides is 3. The molecule has 16 heavy (non-hydrogen) atoms. The minimum atomic E-state index is -4.42. The van der Waals surface area contributed by atoms with Crippen LogP contribution < -0.4 is 5.73 Å². The van der Waals surface area contributed by atoms with Crippen molar-refractivity contribution in [1.29, 1.82) is 0 Å². The molecule has 92 valence electrons. The summed E-state index contributed by atoms with van der Waals surface area (Å²) in [6.07, 6.45) is -3.27. The van der Waals surface area contributed by atoms with E-state index in [-0.39, 0.29) is 0 Å². The van der Waals surface area contributed by atoms with Crippen molar-refractivity contribution in [2.45, 2.75) is 31.7 Å².